The zero-order valence-corrected chi connectivity index (χ0v) is 12.7. The van der Waals surface area contributed by atoms with Gasteiger partial charge in [0, 0.05) is 8.95 Å². The number of hydrogen-bond acceptors (Lipinski definition) is 4. The summed E-state index contributed by atoms with van der Waals surface area (Å²) in [5, 5.41) is 12.0. The van der Waals surface area contributed by atoms with Crippen LogP contribution in [0.2, 0.25) is 0 Å². The molecule has 0 aliphatic rings. The molecule has 16 heavy (non-hydrogen) atoms. The van der Waals surface area contributed by atoms with E-state index in [1.165, 1.54) is 0 Å². The van der Waals surface area contributed by atoms with Gasteiger partial charge in [-0.05, 0) is 54.8 Å². The van der Waals surface area contributed by atoms with Crippen molar-refractivity contribution in [2.75, 3.05) is 0 Å². The summed E-state index contributed by atoms with van der Waals surface area (Å²) in [5.41, 5.74) is 0. The third-order valence-electron chi connectivity index (χ3n) is 1.71. The van der Waals surface area contributed by atoms with Crippen LogP contribution in [0.15, 0.2) is 42.0 Å². The van der Waals surface area contributed by atoms with E-state index in [1.54, 1.807) is 35.1 Å². The molecular weight excluding hydrogens is 372 g/mol. The highest BCUT2D eigenvalue weighted by atomic mass is 79.9. The van der Waals surface area contributed by atoms with E-state index in [4.69, 9.17) is 0 Å². The second kappa shape index (κ2) is 5.86. The Labute approximate surface area is 118 Å². The Morgan fingerprint density at radius 1 is 0.875 bits per heavy atom. The number of thiophene rings is 2. The Kier molecular flexibility index (Phi) is 4.45. The van der Waals surface area contributed by atoms with Crippen molar-refractivity contribution in [3.63, 3.8) is 0 Å². The summed E-state index contributed by atoms with van der Waals surface area (Å²) in [5.74, 6) is 0. The molecule has 0 aromatic carbocycles. The molecule has 0 saturated heterocycles. The van der Waals surface area contributed by atoms with Gasteiger partial charge in [0.25, 0.3) is 0 Å². The molecule has 0 amide bonds. The summed E-state index contributed by atoms with van der Waals surface area (Å²) in [4.78, 5) is 2.14. The van der Waals surface area contributed by atoms with E-state index < -0.39 is 0 Å². The summed E-state index contributed by atoms with van der Waals surface area (Å²) in [6, 6.07) is 3.98. The normalized spacial score (nSPS) is 11.9. The molecule has 0 bridgehead atoms. The van der Waals surface area contributed by atoms with Crippen LogP contribution in [0.5, 0.6) is 0 Å². The van der Waals surface area contributed by atoms with Crippen LogP contribution in [0, 0.1) is 0 Å². The largest absolute Gasteiger partial charge is 0.158 e. The summed E-state index contributed by atoms with van der Waals surface area (Å²) < 4.78 is 2.10. The highest BCUT2D eigenvalue weighted by Crippen LogP contribution is 2.21. The van der Waals surface area contributed by atoms with Crippen LogP contribution < -0.4 is 0 Å². The Bertz CT molecular complexity index is 480. The van der Waals surface area contributed by atoms with Crippen molar-refractivity contribution < 1.29 is 0 Å². The van der Waals surface area contributed by atoms with Gasteiger partial charge in [0.2, 0.25) is 0 Å². The van der Waals surface area contributed by atoms with E-state index in [2.05, 4.69) is 42.1 Å². The fourth-order valence-corrected chi connectivity index (χ4v) is 3.63. The van der Waals surface area contributed by atoms with Crippen molar-refractivity contribution in [2.45, 2.75) is 0 Å². The lowest BCUT2D eigenvalue weighted by Gasteiger charge is -1.85. The Balaban J connectivity index is 2.03. The lowest BCUT2D eigenvalue weighted by molar-refractivity contribution is 1.27. The molecule has 0 unspecified atom stereocenters. The second-order valence-corrected chi connectivity index (χ2v) is 6.36. The van der Waals surface area contributed by atoms with Gasteiger partial charge >= 0.3 is 0 Å². The molecular formula is C10H6Br2N2S2. The van der Waals surface area contributed by atoms with Crippen LogP contribution in [-0.4, -0.2) is 12.4 Å². The van der Waals surface area contributed by atoms with E-state index >= 15 is 0 Å². The zero-order chi connectivity index (χ0) is 11.4. The molecule has 2 heterocycles. The Hall–Kier alpha value is -0.300. The van der Waals surface area contributed by atoms with E-state index in [1.807, 2.05) is 22.9 Å². The smallest absolute Gasteiger partial charge is 0.0679 e. The quantitative estimate of drug-likeness (QED) is 0.542. The molecule has 2 aromatic heterocycles. The zero-order valence-electron chi connectivity index (χ0n) is 7.93. The maximum Gasteiger partial charge on any atom is 0.0679 e. The van der Waals surface area contributed by atoms with Gasteiger partial charge in [0.05, 0.1) is 22.2 Å². The molecule has 0 fully saturated rings. The number of halogens is 2. The fourth-order valence-electron chi connectivity index (χ4n) is 0.967. The summed E-state index contributed by atoms with van der Waals surface area (Å²) >= 11 is 10.1. The van der Waals surface area contributed by atoms with E-state index in [9.17, 15) is 0 Å². The van der Waals surface area contributed by atoms with Gasteiger partial charge in [-0.25, -0.2) is 0 Å². The number of nitrogens with zero attached hydrogens (tertiary/aromatic N) is 2. The molecule has 0 radical (unpaired) electrons. The van der Waals surface area contributed by atoms with Gasteiger partial charge in [0.1, 0.15) is 0 Å². The topological polar surface area (TPSA) is 24.7 Å². The molecule has 0 saturated carbocycles. The monoisotopic (exact) mass is 376 g/mol. The van der Waals surface area contributed by atoms with Crippen molar-refractivity contribution in [2.24, 2.45) is 10.2 Å². The van der Waals surface area contributed by atoms with Gasteiger partial charge in [-0.15, -0.1) is 22.7 Å². The van der Waals surface area contributed by atoms with Crippen molar-refractivity contribution in [1.29, 1.82) is 0 Å². The van der Waals surface area contributed by atoms with Crippen LogP contribution >= 0.6 is 54.5 Å². The number of rotatable bonds is 3. The highest BCUT2D eigenvalue weighted by Gasteiger charge is 1.97. The van der Waals surface area contributed by atoms with E-state index in [-0.39, 0.29) is 0 Å². The fraction of sp³-hybridized carbons (Fsp3) is 0. The first-order valence-corrected chi connectivity index (χ1v) is 7.64. The molecule has 2 nitrogen and oxygen atoms in total. The minimum atomic E-state index is 1.05. The molecule has 6 heteroatoms. The number of hydrogen-bond donors (Lipinski definition) is 0. The van der Waals surface area contributed by atoms with E-state index in [0.29, 0.717) is 0 Å². The first kappa shape index (κ1) is 12.2. The first-order chi connectivity index (χ1) is 7.77. The van der Waals surface area contributed by atoms with Gasteiger partial charge in [0.15, 0.2) is 0 Å². The highest BCUT2D eigenvalue weighted by molar-refractivity contribution is 9.11. The maximum atomic E-state index is 4.00. The summed E-state index contributed by atoms with van der Waals surface area (Å²) in [6.07, 6.45) is 3.49. The molecule has 0 aliphatic carbocycles. The minimum Gasteiger partial charge on any atom is -0.158 e. The molecule has 2 rings (SSSR count). The molecule has 0 N–H and O–H groups in total. The van der Waals surface area contributed by atoms with E-state index in [0.717, 1.165) is 18.7 Å². The van der Waals surface area contributed by atoms with Gasteiger partial charge in [-0.2, -0.15) is 10.2 Å². The van der Waals surface area contributed by atoms with Crippen LogP contribution in [0.25, 0.3) is 0 Å². The molecule has 0 aliphatic heterocycles. The summed E-state index contributed by atoms with van der Waals surface area (Å²) in [6.45, 7) is 0. The van der Waals surface area contributed by atoms with Crippen molar-refractivity contribution in [3.8, 4) is 0 Å². The third-order valence-corrected chi connectivity index (χ3v) is 5.32. The van der Waals surface area contributed by atoms with Gasteiger partial charge < -0.3 is 0 Å². The predicted molar refractivity (Wildman–Crippen MR) is 79.2 cm³/mol. The Morgan fingerprint density at radius 2 is 1.31 bits per heavy atom. The van der Waals surface area contributed by atoms with Crippen molar-refractivity contribution in [3.05, 3.63) is 41.6 Å². The molecule has 0 atom stereocenters. The molecule has 2 aromatic rings. The third kappa shape index (κ3) is 3.10. The van der Waals surface area contributed by atoms with Gasteiger partial charge in [-0.1, -0.05) is 0 Å². The van der Waals surface area contributed by atoms with Crippen LogP contribution in [0.3, 0.4) is 0 Å². The SMILES string of the molecule is Brc1ccsc1/C=N/N=C/c1sccc1Br. The standard InChI is InChI=1S/C10H6Br2N2S2/c11-7-1-3-15-9(7)5-13-14-6-10-8(12)2-4-16-10/h1-6H/b13-5+,14-6+. The maximum absolute atomic E-state index is 4.00. The van der Waals surface area contributed by atoms with Crippen molar-refractivity contribution >= 4 is 67.0 Å². The average molecular weight is 378 g/mol. The second-order valence-electron chi connectivity index (χ2n) is 2.75. The minimum absolute atomic E-state index is 1.05. The molecule has 0 spiro atoms. The predicted octanol–water partition coefficient (Wildman–Crippen LogP) is 4.79. The average Bonchev–Trinajstić information content (AvgIpc) is 2.84. The lowest BCUT2D eigenvalue weighted by Crippen LogP contribution is -1.75. The summed E-state index contributed by atoms with van der Waals surface area (Å²) in [7, 11) is 0. The Morgan fingerprint density at radius 3 is 1.62 bits per heavy atom. The molecule has 82 valence electrons. The van der Waals surface area contributed by atoms with Crippen LogP contribution in [0.1, 0.15) is 9.75 Å². The van der Waals surface area contributed by atoms with Gasteiger partial charge in [-0.3, -0.25) is 0 Å². The van der Waals surface area contributed by atoms with Crippen LogP contribution in [0.4, 0.5) is 0 Å². The first-order valence-electron chi connectivity index (χ1n) is 4.30. The van der Waals surface area contributed by atoms with Crippen LogP contribution in [-0.2, 0) is 0 Å². The van der Waals surface area contributed by atoms with Crippen molar-refractivity contribution in [1.82, 2.24) is 0 Å². The lowest BCUT2D eigenvalue weighted by atomic mass is 10.5.